The standard InChI is InChI=1S/C16H16ClNO/c1-12-9-15(17)8-7-14(12)10-16(19)18-11-13-5-3-2-4-6-13/h2-9H,10-11H2,1H3,(H,18,19). The van der Waals surface area contributed by atoms with Crippen LogP contribution in [-0.2, 0) is 17.8 Å². The van der Waals surface area contributed by atoms with E-state index in [-0.39, 0.29) is 5.91 Å². The Balaban J connectivity index is 1.91. The molecule has 2 rings (SSSR count). The first-order valence-electron chi connectivity index (χ1n) is 6.21. The Morgan fingerprint density at radius 2 is 1.89 bits per heavy atom. The van der Waals surface area contributed by atoms with Gasteiger partial charge in [-0.05, 0) is 35.7 Å². The highest BCUT2D eigenvalue weighted by Gasteiger charge is 2.06. The highest BCUT2D eigenvalue weighted by molar-refractivity contribution is 6.30. The van der Waals surface area contributed by atoms with Gasteiger partial charge in [-0.1, -0.05) is 48.0 Å². The van der Waals surface area contributed by atoms with Crippen LogP contribution in [-0.4, -0.2) is 5.91 Å². The van der Waals surface area contributed by atoms with Gasteiger partial charge in [-0.15, -0.1) is 0 Å². The molecule has 0 heterocycles. The molecule has 0 atom stereocenters. The molecule has 0 saturated carbocycles. The van der Waals surface area contributed by atoms with Crippen LogP contribution in [0.2, 0.25) is 5.02 Å². The van der Waals surface area contributed by atoms with Gasteiger partial charge in [0.05, 0.1) is 6.42 Å². The van der Waals surface area contributed by atoms with Crippen molar-refractivity contribution in [2.24, 2.45) is 0 Å². The molecule has 0 aliphatic carbocycles. The first kappa shape index (κ1) is 13.6. The molecule has 2 nitrogen and oxygen atoms in total. The van der Waals surface area contributed by atoms with Gasteiger partial charge >= 0.3 is 0 Å². The predicted molar refractivity (Wildman–Crippen MR) is 78.2 cm³/mol. The summed E-state index contributed by atoms with van der Waals surface area (Å²) in [6, 6.07) is 15.5. The number of nitrogens with one attached hydrogen (secondary N) is 1. The number of aryl methyl sites for hydroxylation is 1. The number of rotatable bonds is 4. The third-order valence-electron chi connectivity index (χ3n) is 2.99. The summed E-state index contributed by atoms with van der Waals surface area (Å²) in [6.45, 7) is 2.53. The molecule has 0 aliphatic heterocycles. The van der Waals surface area contributed by atoms with Crippen LogP contribution < -0.4 is 5.32 Å². The predicted octanol–water partition coefficient (Wildman–Crippen LogP) is 3.51. The molecule has 19 heavy (non-hydrogen) atoms. The van der Waals surface area contributed by atoms with Gasteiger partial charge in [0.25, 0.3) is 0 Å². The van der Waals surface area contributed by atoms with Crippen molar-refractivity contribution in [3.63, 3.8) is 0 Å². The minimum absolute atomic E-state index is 0.0225. The molecule has 1 amide bonds. The Morgan fingerprint density at radius 3 is 2.58 bits per heavy atom. The van der Waals surface area contributed by atoms with E-state index in [1.807, 2.05) is 55.5 Å². The van der Waals surface area contributed by atoms with Gasteiger partial charge in [0, 0.05) is 11.6 Å². The van der Waals surface area contributed by atoms with Crippen molar-refractivity contribution in [3.8, 4) is 0 Å². The lowest BCUT2D eigenvalue weighted by Gasteiger charge is -2.08. The van der Waals surface area contributed by atoms with E-state index in [0.717, 1.165) is 16.7 Å². The molecule has 2 aromatic carbocycles. The lowest BCUT2D eigenvalue weighted by atomic mass is 10.1. The fourth-order valence-electron chi connectivity index (χ4n) is 1.89. The van der Waals surface area contributed by atoms with Crippen LogP contribution in [0.15, 0.2) is 48.5 Å². The lowest BCUT2D eigenvalue weighted by Crippen LogP contribution is -2.24. The number of hydrogen-bond donors (Lipinski definition) is 1. The number of hydrogen-bond acceptors (Lipinski definition) is 1. The molecular formula is C16H16ClNO. The van der Waals surface area contributed by atoms with Crippen LogP contribution in [0.5, 0.6) is 0 Å². The molecule has 2 aromatic rings. The van der Waals surface area contributed by atoms with E-state index in [0.29, 0.717) is 18.0 Å². The Labute approximate surface area is 118 Å². The smallest absolute Gasteiger partial charge is 0.224 e. The average Bonchev–Trinajstić information content (AvgIpc) is 2.41. The summed E-state index contributed by atoms with van der Waals surface area (Å²) in [5, 5.41) is 3.62. The number of halogens is 1. The third kappa shape index (κ3) is 4.11. The second-order valence-electron chi connectivity index (χ2n) is 4.51. The van der Waals surface area contributed by atoms with Gasteiger partial charge in [-0.3, -0.25) is 4.79 Å². The zero-order valence-corrected chi connectivity index (χ0v) is 11.6. The minimum Gasteiger partial charge on any atom is -0.352 e. The van der Waals surface area contributed by atoms with Crippen molar-refractivity contribution in [1.29, 1.82) is 0 Å². The van der Waals surface area contributed by atoms with Crippen molar-refractivity contribution in [3.05, 3.63) is 70.2 Å². The van der Waals surface area contributed by atoms with Crippen LogP contribution in [0.3, 0.4) is 0 Å². The summed E-state index contributed by atoms with van der Waals surface area (Å²) in [4.78, 5) is 11.9. The number of carbonyl (C=O) groups excluding carboxylic acids is 1. The summed E-state index contributed by atoms with van der Waals surface area (Å²) in [7, 11) is 0. The van der Waals surface area contributed by atoms with Gasteiger partial charge in [0.2, 0.25) is 5.91 Å². The van der Waals surface area contributed by atoms with E-state index in [4.69, 9.17) is 11.6 Å². The normalized spacial score (nSPS) is 10.2. The first-order chi connectivity index (χ1) is 9.15. The van der Waals surface area contributed by atoms with Crippen molar-refractivity contribution < 1.29 is 4.79 Å². The highest BCUT2D eigenvalue weighted by Crippen LogP contribution is 2.15. The second-order valence-corrected chi connectivity index (χ2v) is 4.95. The zero-order valence-electron chi connectivity index (χ0n) is 10.8. The molecular weight excluding hydrogens is 258 g/mol. The number of amides is 1. The Morgan fingerprint density at radius 1 is 1.16 bits per heavy atom. The maximum absolute atomic E-state index is 11.9. The Kier molecular flexibility index (Phi) is 4.58. The van der Waals surface area contributed by atoms with E-state index in [1.165, 1.54) is 0 Å². The summed E-state index contributed by atoms with van der Waals surface area (Å²) in [6.07, 6.45) is 0.385. The van der Waals surface area contributed by atoms with Crippen LogP contribution in [0, 0.1) is 6.92 Å². The first-order valence-corrected chi connectivity index (χ1v) is 6.58. The quantitative estimate of drug-likeness (QED) is 0.907. The fraction of sp³-hybridized carbons (Fsp3) is 0.188. The maximum Gasteiger partial charge on any atom is 0.224 e. The van der Waals surface area contributed by atoms with Crippen molar-refractivity contribution >= 4 is 17.5 Å². The second kappa shape index (κ2) is 6.39. The van der Waals surface area contributed by atoms with Gasteiger partial charge in [0.15, 0.2) is 0 Å². The average molecular weight is 274 g/mol. The van der Waals surface area contributed by atoms with Crippen LogP contribution in [0.1, 0.15) is 16.7 Å². The van der Waals surface area contributed by atoms with E-state index >= 15 is 0 Å². The number of carbonyl (C=O) groups is 1. The molecule has 1 N–H and O–H groups in total. The van der Waals surface area contributed by atoms with Crippen molar-refractivity contribution in [1.82, 2.24) is 5.32 Å². The van der Waals surface area contributed by atoms with E-state index in [2.05, 4.69) is 5.32 Å². The minimum atomic E-state index is 0.0225. The van der Waals surface area contributed by atoms with Gasteiger partial charge in [-0.2, -0.15) is 0 Å². The molecule has 0 aliphatic rings. The molecule has 0 aromatic heterocycles. The monoisotopic (exact) mass is 273 g/mol. The lowest BCUT2D eigenvalue weighted by molar-refractivity contribution is -0.120. The van der Waals surface area contributed by atoms with Crippen LogP contribution in [0.4, 0.5) is 0 Å². The zero-order chi connectivity index (χ0) is 13.7. The van der Waals surface area contributed by atoms with E-state index in [1.54, 1.807) is 0 Å². The highest BCUT2D eigenvalue weighted by atomic mass is 35.5. The van der Waals surface area contributed by atoms with Crippen molar-refractivity contribution in [2.45, 2.75) is 19.9 Å². The molecule has 0 bridgehead atoms. The Bertz CT molecular complexity index is 566. The van der Waals surface area contributed by atoms with Crippen molar-refractivity contribution in [2.75, 3.05) is 0 Å². The van der Waals surface area contributed by atoms with Crippen LogP contribution in [0.25, 0.3) is 0 Å². The SMILES string of the molecule is Cc1cc(Cl)ccc1CC(=O)NCc1ccccc1. The largest absolute Gasteiger partial charge is 0.352 e. The summed E-state index contributed by atoms with van der Waals surface area (Å²) >= 11 is 5.89. The molecule has 0 saturated heterocycles. The van der Waals surface area contributed by atoms with Gasteiger partial charge < -0.3 is 5.32 Å². The topological polar surface area (TPSA) is 29.1 Å². The third-order valence-corrected chi connectivity index (χ3v) is 3.22. The number of benzene rings is 2. The van der Waals surface area contributed by atoms with Gasteiger partial charge in [-0.25, -0.2) is 0 Å². The van der Waals surface area contributed by atoms with E-state index < -0.39 is 0 Å². The fourth-order valence-corrected chi connectivity index (χ4v) is 2.12. The van der Waals surface area contributed by atoms with E-state index in [9.17, 15) is 4.79 Å². The summed E-state index contributed by atoms with van der Waals surface area (Å²) < 4.78 is 0. The van der Waals surface area contributed by atoms with Crippen LogP contribution >= 0.6 is 11.6 Å². The Hall–Kier alpha value is -1.80. The summed E-state index contributed by atoms with van der Waals surface area (Å²) in [5.74, 6) is 0.0225. The molecule has 0 unspecified atom stereocenters. The molecule has 0 spiro atoms. The molecule has 98 valence electrons. The summed E-state index contributed by atoms with van der Waals surface area (Å²) in [5.41, 5.74) is 3.15. The molecule has 0 radical (unpaired) electrons. The molecule has 3 heteroatoms. The van der Waals surface area contributed by atoms with Gasteiger partial charge in [0.1, 0.15) is 0 Å². The maximum atomic E-state index is 11.9. The molecule has 0 fully saturated rings.